The average Bonchev–Trinajstić information content (AvgIpc) is 2.73. The summed E-state index contributed by atoms with van der Waals surface area (Å²) in [7, 11) is 0. The van der Waals surface area contributed by atoms with E-state index < -0.39 is 11.4 Å². The lowest BCUT2D eigenvalue weighted by molar-refractivity contribution is -0.124. The number of ether oxygens (including phenoxy) is 2. The molecule has 0 atom stereocenters. The number of nitrogens with one attached hydrogen (secondary N) is 3. The summed E-state index contributed by atoms with van der Waals surface area (Å²) in [6.45, 7) is 6.27. The SMILES string of the molecule is CCOc1ccccc1NC(=O)Nc1ccc2c(c1)OCC(C)(C)C(=O)N2. The predicted octanol–water partition coefficient (Wildman–Crippen LogP) is 4.09. The number of carbonyl (C=O) groups is 2. The number of amides is 3. The summed E-state index contributed by atoms with van der Waals surface area (Å²) in [5, 5.41) is 8.38. The number of rotatable bonds is 4. The van der Waals surface area contributed by atoms with Crippen molar-refractivity contribution in [2.75, 3.05) is 29.2 Å². The van der Waals surface area contributed by atoms with E-state index in [-0.39, 0.29) is 12.5 Å². The maximum absolute atomic E-state index is 12.3. The van der Waals surface area contributed by atoms with Crippen LogP contribution in [0.1, 0.15) is 20.8 Å². The average molecular weight is 369 g/mol. The fourth-order valence-electron chi connectivity index (χ4n) is 2.57. The van der Waals surface area contributed by atoms with Crippen molar-refractivity contribution in [1.29, 1.82) is 0 Å². The lowest BCUT2D eigenvalue weighted by Crippen LogP contribution is -2.33. The Morgan fingerprint density at radius 3 is 2.78 bits per heavy atom. The molecule has 0 bridgehead atoms. The second-order valence-corrected chi connectivity index (χ2v) is 6.85. The number of anilines is 3. The van der Waals surface area contributed by atoms with Crippen molar-refractivity contribution in [3.05, 3.63) is 42.5 Å². The van der Waals surface area contributed by atoms with Gasteiger partial charge < -0.3 is 25.4 Å². The first-order valence-electron chi connectivity index (χ1n) is 8.77. The number of carbonyl (C=O) groups excluding carboxylic acids is 2. The van der Waals surface area contributed by atoms with Gasteiger partial charge in [-0.2, -0.15) is 0 Å². The molecule has 27 heavy (non-hydrogen) atoms. The van der Waals surface area contributed by atoms with Gasteiger partial charge in [0, 0.05) is 11.8 Å². The molecule has 0 radical (unpaired) electrons. The minimum atomic E-state index is -0.632. The first kappa shape index (κ1) is 18.6. The Morgan fingerprint density at radius 2 is 2.00 bits per heavy atom. The monoisotopic (exact) mass is 369 g/mol. The molecular formula is C20H23N3O4. The van der Waals surface area contributed by atoms with Gasteiger partial charge in [-0.15, -0.1) is 0 Å². The van der Waals surface area contributed by atoms with Crippen molar-refractivity contribution in [2.45, 2.75) is 20.8 Å². The lowest BCUT2D eigenvalue weighted by atomic mass is 9.94. The molecule has 0 aliphatic carbocycles. The summed E-state index contributed by atoms with van der Waals surface area (Å²) in [6.07, 6.45) is 0. The second-order valence-electron chi connectivity index (χ2n) is 6.85. The molecule has 3 N–H and O–H groups in total. The van der Waals surface area contributed by atoms with Crippen LogP contribution in [0, 0.1) is 5.41 Å². The van der Waals surface area contributed by atoms with Gasteiger partial charge in [0.05, 0.1) is 23.4 Å². The summed E-state index contributed by atoms with van der Waals surface area (Å²) in [5.74, 6) is 1.01. The van der Waals surface area contributed by atoms with E-state index in [9.17, 15) is 9.59 Å². The van der Waals surface area contributed by atoms with Gasteiger partial charge in [0.1, 0.15) is 18.1 Å². The largest absolute Gasteiger partial charge is 0.492 e. The number of fused-ring (bicyclic) bond motifs is 1. The fraction of sp³-hybridized carbons (Fsp3) is 0.300. The van der Waals surface area contributed by atoms with Crippen LogP contribution in [0.5, 0.6) is 11.5 Å². The maximum atomic E-state index is 12.3. The topological polar surface area (TPSA) is 88.7 Å². The van der Waals surface area contributed by atoms with Crippen molar-refractivity contribution in [2.24, 2.45) is 5.41 Å². The third-order valence-corrected chi connectivity index (χ3v) is 4.13. The van der Waals surface area contributed by atoms with Gasteiger partial charge in [-0.3, -0.25) is 4.79 Å². The van der Waals surface area contributed by atoms with Gasteiger partial charge in [-0.25, -0.2) is 4.79 Å². The zero-order valence-electron chi connectivity index (χ0n) is 15.6. The van der Waals surface area contributed by atoms with Gasteiger partial charge >= 0.3 is 6.03 Å². The highest BCUT2D eigenvalue weighted by atomic mass is 16.5. The highest BCUT2D eigenvalue weighted by Crippen LogP contribution is 2.34. The van der Waals surface area contributed by atoms with E-state index in [4.69, 9.17) is 9.47 Å². The minimum Gasteiger partial charge on any atom is -0.492 e. The molecule has 3 amide bonds. The quantitative estimate of drug-likeness (QED) is 0.757. The molecule has 1 heterocycles. The summed E-state index contributed by atoms with van der Waals surface area (Å²) in [5.41, 5.74) is 1.08. The highest BCUT2D eigenvalue weighted by molar-refractivity contribution is 6.01. The Labute approximate surface area is 158 Å². The van der Waals surface area contributed by atoms with E-state index in [1.807, 2.05) is 32.9 Å². The van der Waals surface area contributed by atoms with Crippen molar-refractivity contribution in [3.8, 4) is 11.5 Å². The third kappa shape index (κ3) is 4.31. The highest BCUT2D eigenvalue weighted by Gasteiger charge is 2.32. The molecular weight excluding hydrogens is 346 g/mol. The molecule has 1 aliphatic heterocycles. The van der Waals surface area contributed by atoms with Crippen LogP contribution in [0.4, 0.5) is 21.9 Å². The molecule has 2 aromatic rings. The number of hydrogen-bond acceptors (Lipinski definition) is 4. The molecule has 7 heteroatoms. The molecule has 142 valence electrons. The zero-order chi connectivity index (χ0) is 19.4. The van der Waals surface area contributed by atoms with E-state index in [2.05, 4.69) is 16.0 Å². The third-order valence-electron chi connectivity index (χ3n) is 4.13. The Hall–Kier alpha value is -3.22. The van der Waals surface area contributed by atoms with E-state index in [1.165, 1.54) is 0 Å². The first-order chi connectivity index (χ1) is 12.9. The van der Waals surface area contributed by atoms with Gasteiger partial charge in [0.2, 0.25) is 5.91 Å². The van der Waals surface area contributed by atoms with Crippen LogP contribution in [0.3, 0.4) is 0 Å². The van der Waals surface area contributed by atoms with E-state index in [1.54, 1.807) is 30.3 Å². The fourth-order valence-corrected chi connectivity index (χ4v) is 2.57. The molecule has 0 spiro atoms. The second kappa shape index (κ2) is 7.57. The summed E-state index contributed by atoms with van der Waals surface area (Å²) >= 11 is 0. The summed E-state index contributed by atoms with van der Waals surface area (Å²) in [6, 6.07) is 11.9. The van der Waals surface area contributed by atoms with Crippen LogP contribution in [0.25, 0.3) is 0 Å². The van der Waals surface area contributed by atoms with Crippen LogP contribution in [0.2, 0.25) is 0 Å². The summed E-state index contributed by atoms with van der Waals surface area (Å²) in [4.78, 5) is 24.5. The van der Waals surface area contributed by atoms with Gasteiger partial charge in [0.25, 0.3) is 0 Å². The minimum absolute atomic E-state index is 0.104. The molecule has 7 nitrogen and oxygen atoms in total. The molecule has 3 rings (SSSR count). The van der Waals surface area contributed by atoms with Crippen molar-refractivity contribution >= 4 is 29.0 Å². The smallest absolute Gasteiger partial charge is 0.323 e. The zero-order valence-corrected chi connectivity index (χ0v) is 15.6. The normalized spacial score (nSPS) is 14.9. The van der Waals surface area contributed by atoms with Crippen molar-refractivity contribution in [1.82, 2.24) is 0 Å². The van der Waals surface area contributed by atoms with Gasteiger partial charge in [0.15, 0.2) is 0 Å². The lowest BCUT2D eigenvalue weighted by Gasteiger charge is -2.18. The van der Waals surface area contributed by atoms with E-state index >= 15 is 0 Å². The summed E-state index contributed by atoms with van der Waals surface area (Å²) < 4.78 is 11.3. The Morgan fingerprint density at radius 1 is 1.22 bits per heavy atom. The molecule has 0 unspecified atom stereocenters. The van der Waals surface area contributed by atoms with Crippen LogP contribution in [0.15, 0.2) is 42.5 Å². The molecule has 0 saturated carbocycles. The van der Waals surface area contributed by atoms with Crippen LogP contribution >= 0.6 is 0 Å². The maximum Gasteiger partial charge on any atom is 0.323 e. The molecule has 0 aromatic heterocycles. The van der Waals surface area contributed by atoms with Crippen LogP contribution < -0.4 is 25.4 Å². The molecule has 1 aliphatic rings. The standard InChI is InChI=1S/C20H23N3O4/c1-4-26-16-8-6-5-7-14(16)23-19(25)21-13-9-10-15-17(11-13)27-12-20(2,3)18(24)22-15/h5-11H,4,12H2,1-3H3,(H,22,24)(H2,21,23,25). The Balaban J connectivity index is 1.71. The molecule has 0 fully saturated rings. The van der Waals surface area contributed by atoms with Crippen LogP contribution in [-0.2, 0) is 4.79 Å². The first-order valence-corrected chi connectivity index (χ1v) is 8.77. The van der Waals surface area contributed by atoms with E-state index in [0.29, 0.717) is 35.2 Å². The molecule has 0 saturated heterocycles. The predicted molar refractivity (Wildman–Crippen MR) is 105 cm³/mol. The van der Waals surface area contributed by atoms with Crippen LogP contribution in [-0.4, -0.2) is 25.2 Å². The van der Waals surface area contributed by atoms with Crippen molar-refractivity contribution in [3.63, 3.8) is 0 Å². The number of hydrogen-bond donors (Lipinski definition) is 3. The Bertz CT molecular complexity index is 864. The van der Waals surface area contributed by atoms with Gasteiger partial charge in [-0.05, 0) is 45.0 Å². The number of para-hydroxylation sites is 2. The number of benzene rings is 2. The van der Waals surface area contributed by atoms with E-state index in [0.717, 1.165) is 0 Å². The molecule has 2 aromatic carbocycles. The Kier molecular flexibility index (Phi) is 5.21. The number of urea groups is 1. The van der Waals surface area contributed by atoms with Gasteiger partial charge in [-0.1, -0.05) is 12.1 Å². The van der Waals surface area contributed by atoms with Crippen molar-refractivity contribution < 1.29 is 19.1 Å².